The van der Waals surface area contributed by atoms with Gasteiger partial charge in [-0.2, -0.15) is 0 Å². The molecule has 98 valence electrons. The van der Waals surface area contributed by atoms with Crippen molar-refractivity contribution in [2.75, 3.05) is 26.1 Å². The van der Waals surface area contributed by atoms with Crippen LogP contribution < -0.4 is 4.90 Å². The first kappa shape index (κ1) is 13.1. The number of nitrogens with zero attached hydrogens (tertiary/aromatic N) is 1. The minimum absolute atomic E-state index is 0.311. The Morgan fingerprint density at radius 2 is 1.37 bits per heavy atom. The second-order valence-electron chi connectivity index (χ2n) is 4.51. The fourth-order valence-corrected chi connectivity index (χ4v) is 1.87. The predicted octanol–water partition coefficient (Wildman–Crippen LogP) is 3.21. The maximum atomic E-state index is 11.4. The third kappa shape index (κ3) is 2.94. The van der Waals surface area contributed by atoms with Crippen LogP contribution in [0.3, 0.4) is 0 Å². The SMILES string of the molecule is COC(=O)c1ccc(-c2ccc(N(C)C)cc2)cc1. The van der Waals surface area contributed by atoms with Crippen molar-refractivity contribution in [2.45, 2.75) is 0 Å². The first-order valence-corrected chi connectivity index (χ1v) is 6.08. The number of rotatable bonds is 3. The zero-order valence-corrected chi connectivity index (χ0v) is 11.4. The van der Waals surface area contributed by atoms with Gasteiger partial charge in [-0.05, 0) is 35.4 Å². The number of anilines is 1. The third-order valence-electron chi connectivity index (χ3n) is 3.02. The Morgan fingerprint density at radius 1 is 0.895 bits per heavy atom. The normalized spacial score (nSPS) is 10.1. The van der Waals surface area contributed by atoms with E-state index in [1.165, 1.54) is 7.11 Å². The van der Waals surface area contributed by atoms with E-state index in [0.29, 0.717) is 5.56 Å². The molecule has 0 heterocycles. The highest BCUT2D eigenvalue weighted by atomic mass is 16.5. The standard InChI is InChI=1S/C16H17NO2/c1-17(2)15-10-8-13(9-11-15)12-4-6-14(7-5-12)16(18)19-3/h4-11H,1-3H3. The molecular formula is C16H17NO2. The maximum Gasteiger partial charge on any atom is 0.337 e. The number of ether oxygens (including phenoxy) is 1. The smallest absolute Gasteiger partial charge is 0.337 e. The lowest BCUT2D eigenvalue weighted by atomic mass is 10.0. The molecule has 3 nitrogen and oxygen atoms in total. The quantitative estimate of drug-likeness (QED) is 0.789. The lowest BCUT2D eigenvalue weighted by Crippen LogP contribution is -2.07. The van der Waals surface area contributed by atoms with Gasteiger partial charge >= 0.3 is 5.97 Å². The molecule has 0 N–H and O–H groups in total. The van der Waals surface area contributed by atoms with Crippen molar-refractivity contribution >= 4 is 11.7 Å². The van der Waals surface area contributed by atoms with Crippen LogP contribution >= 0.6 is 0 Å². The molecule has 0 aliphatic rings. The fraction of sp³-hybridized carbons (Fsp3) is 0.188. The molecule has 2 rings (SSSR count). The van der Waals surface area contributed by atoms with Gasteiger partial charge in [0.1, 0.15) is 0 Å². The Hall–Kier alpha value is -2.29. The van der Waals surface area contributed by atoms with Crippen LogP contribution in [0, 0.1) is 0 Å². The van der Waals surface area contributed by atoms with E-state index in [0.717, 1.165) is 16.8 Å². The zero-order valence-electron chi connectivity index (χ0n) is 11.4. The van der Waals surface area contributed by atoms with Gasteiger partial charge in [0.05, 0.1) is 12.7 Å². The molecule has 0 amide bonds. The molecule has 0 spiro atoms. The number of hydrogen-bond donors (Lipinski definition) is 0. The third-order valence-corrected chi connectivity index (χ3v) is 3.02. The van der Waals surface area contributed by atoms with Crippen LogP contribution in [0.1, 0.15) is 10.4 Å². The second kappa shape index (κ2) is 5.57. The first-order valence-electron chi connectivity index (χ1n) is 6.08. The van der Waals surface area contributed by atoms with E-state index in [-0.39, 0.29) is 5.97 Å². The molecule has 0 atom stereocenters. The van der Waals surface area contributed by atoms with Crippen molar-refractivity contribution in [3.8, 4) is 11.1 Å². The molecule has 0 aliphatic carbocycles. The summed E-state index contributed by atoms with van der Waals surface area (Å²) in [6.07, 6.45) is 0. The largest absolute Gasteiger partial charge is 0.465 e. The number of carbonyl (C=O) groups excluding carboxylic acids is 1. The van der Waals surface area contributed by atoms with Crippen molar-refractivity contribution < 1.29 is 9.53 Å². The Balaban J connectivity index is 2.24. The molecule has 0 saturated carbocycles. The van der Waals surface area contributed by atoms with Gasteiger partial charge in [0.15, 0.2) is 0 Å². The Morgan fingerprint density at radius 3 is 1.79 bits per heavy atom. The van der Waals surface area contributed by atoms with Gasteiger partial charge in [0.25, 0.3) is 0 Å². The average molecular weight is 255 g/mol. The van der Waals surface area contributed by atoms with Crippen LogP contribution in [0.2, 0.25) is 0 Å². The van der Waals surface area contributed by atoms with Gasteiger partial charge in [-0.15, -0.1) is 0 Å². The first-order chi connectivity index (χ1) is 9.11. The summed E-state index contributed by atoms with van der Waals surface area (Å²) in [7, 11) is 5.41. The molecular weight excluding hydrogens is 238 g/mol. The molecule has 19 heavy (non-hydrogen) atoms. The molecule has 0 unspecified atom stereocenters. The summed E-state index contributed by atoms with van der Waals surface area (Å²) in [5, 5.41) is 0. The summed E-state index contributed by atoms with van der Waals surface area (Å²) in [6, 6.07) is 15.7. The Bertz CT molecular complexity index is 556. The van der Waals surface area contributed by atoms with Gasteiger partial charge in [0.2, 0.25) is 0 Å². The lowest BCUT2D eigenvalue weighted by molar-refractivity contribution is 0.0601. The number of benzene rings is 2. The molecule has 2 aromatic carbocycles. The maximum absolute atomic E-state index is 11.4. The van der Waals surface area contributed by atoms with Gasteiger partial charge in [-0.1, -0.05) is 24.3 Å². The van der Waals surface area contributed by atoms with Crippen molar-refractivity contribution in [3.63, 3.8) is 0 Å². The zero-order chi connectivity index (χ0) is 13.8. The summed E-state index contributed by atoms with van der Waals surface area (Å²) in [5.41, 5.74) is 3.94. The molecule has 0 aromatic heterocycles. The second-order valence-corrected chi connectivity index (χ2v) is 4.51. The Kier molecular flexibility index (Phi) is 3.85. The van der Waals surface area contributed by atoms with Gasteiger partial charge < -0.3 is 9.64 Å². The van der Waals surface area contributed by atoms with Crippen molar-refractivity contribution in [3.05, 3.63) is 54.1 Å². The van der Waals surface area contributed by atoms with Crippen LogP contribution in [-0.2, 0) is 4.74 Å². The van der Waals surface area contributed by atoms with Gasteiger partial charge in [-0.25, -0.2) is 4.79 Å². The molecule has 2 aromatic rings. The highest BCUT2D eigenvalue weighted by Gasteiger charge is 2.05. The monoisotopic (exact) mass is 255 g/mol. The molecule has 0 saturated heterocycles. The number of methoxy groups -OCH3 is 1. The molecule has 0 radical (unpaired) electrons. The number of hydrogen-bond acceptors (Lipinski definition) is 3. The topological polar surface area (TPSA) is 29.5 Å². The average Bonchev–Trinajstić information content (AvgIpc) is 2.46. The van der Waals surface area contributed by atoms with Crippen molar-refractivity contribution in [1.29, 1.82) is 0 Å². The predicted molar refractivity (Wildman–Crippen MR) is 77.5 cm³/mol. The molecule has 0 fully saturated rings. The molecule has 0 aliphatic heterocycles. The van der Waals surface area contributed by atoms with E-state index in [1.807, 2.05) is 26.2 Å². The van der Waals surface area contributed by atoms with Gasteiger partial charge in [0, 0.05) is 19.8 Å². The highest BCUT2D eigenvalue weighted by molar-refractivity contribution is 5.90. The minimum atomic E-state index is -0.311. The summed E-state index contributed by atoms with van der Waals surface area (Å²) in [4.78, 5) is 13.4. The lowest BCUT2D eigenvalue weighted by Gasteiger charge is -2.12. The number of esters is 1. The molecule has 3 heteroatoms. The van der Waals surface area contributed by atoms with Crippen LogP contribution in [-0.4, -0.2) is 27.2 Å². The van der Waals surface area contributed by atoms with E-state index >= 15 is 0 Å². The van der Waals surface area contributed by atoms with E-state index in [4.69, 9.17) is 0 Å². The van der Waals surface area contributed by atoms with Crippen molar-refractivity contribution in [2.24, 2.45) is 0 Å². The van der Waals surface area contributed by atoms with Crippen LogP contribution in [0.15, 0.2) is 48.5 Å². The summed E-state index contributed by atoms with van der Waals surface area (Å²) < 4.78 is 4.68. The highest BCUT2D eigenvalue weighted by Crippen LogP contribution is 2.22. The van der Waals surface area contributed by atoms with Crippen LogP contribution in [0.5, 0.6) is 0 Å². The van der Waals surface area contributed by atoms with Gasteiger partial charge in [-0.3, -0.25) is 0 Å². The fourth-order valence-electron chi connectivity index (χ4n) is 1.87. The van der Waals surface area contributed by atoms with E-state index in [2.05, 4.69) is 33.9 Å². The molecule has 0 bridgehead atoms. The van der Waals surface area contributed by atoms with Crippen LogP contribution in [0.25, 0.3) is 11.1 Å². The van der Waals surface area contributed by atoms with E-state index in [9.17, 15) is 4.79 Å². The van der Waals surface area contributed by atoms with Crippen LogP contribution in [0.4, 0.5) is 5.69 Å². The Labute approximate surface area is 113 Å². The number of carbonyl (C=O) groups is 1. The van der Waals surface area contributed by atoms with E-state index in [1.54, 1.807) is 12.1 Å². The minimum Gasteiger partial charge on any atom is -0.465 e. The van der Waals surface area contributed by atoms with E-state index < -0.39 is 0 Å². The summed E-state index contributed by atoms with van der Waals surface area (Å²) in [5.74, 6) is -0.311. The summed E-state index contributed by atoms with van der Waals surface area (Å²) in [6.45, 7) is 0. The summed E-state index contributed by atoms with van der Waals surface area (Å²) >= 11 is 0. The van der Waals surface area contributed by atoms with Crippen molar-refractivity contribution in [1.82, 2.24) is 0 Å².